The van der Waals surface area contributed by atoms with Gasteiger partial charge in [-0.1, -0.05) is 23.8 Å². The van der Waals surface area contributed by atoms with Crippen LogP contribution in [-0.2, 0) is 17.9 Å². The molecule has 2 aromatic heterocycles. The van der Waals surface area contributed by atoms with Gasteiger partial charge in [0.25, 0.3) is 0 Å². The van der Waals surface area contributed by atoms with Crippen LogP contribution >= 0.6 is 12.2 Å². The summed E-state index contributed by atoms with van der Waals surface area (Å²) in [4.78, 5) is 12.1. The van der Waals surface area contributed by atoms with Gasteiger partial charge < -0.3 is 5.32 Å². The lowest BCUT2D eigenvalue weighted by Gasteiger charge is -2.08. The number of nitrogens with zero attached hydrogens (tertiary/aromatic N) is 4. The Morgan fingerprint density at radius 2 is 2.19 bits per heavy atom. The summed E-state index contributed by atoms with van der Waals surface area (Å²) in [6, 6.07) is 9.95. The first-order valence-corrected chi connectivity index (χ1v) is 9.00. The van der Waals surface area contributed by atoms with Crippen molar-refractivity contribution in [3.63, 3.8) is 0 Å². The summed E-state index contributed by atoms with van der Waals surface area (Å²) in [6.45, 7) is 3.94. The Bertz CT molecular complexity index is 912. The molecule has 1 aromatic carbocycles. The maximum Gasteiger partial charge on any atom is 0.221 e. The first kappa shape index (κ1) is 18.1. The van der Waals surface area contributed by atoms with E-state index in [-0.39, 0.29) is 5.91 Å². The topological polar surface area (TPSA) is 80.5 Å². The van der Waals surface area contributed by atoms with Crippen LogP contribution in [0.2, 0.25) is 0 Å². The third kappa shape index (κ3) is 4.66. The number of H-pyrrole nitrogens is 1. The molecule has 0 bridgehead atoms. The Kier molecular flexibility index (Phi) is 5.96. The van der Waals surface area contributed by atoms with Gasteiger partial charge in [0.05, 0.1) is 0 Å². The number of hydrogen-bond donors (Lipinski definition) is 2. The molecule has 0 atom stereocenters. The minimum atomic E-state index is 0.00348. The summed E-state index contributed by atoms with van der Waals surface area (Å²) >= 11 is 5.31. The van der Waals surface area contributed by atoms with Crippen LogP contribution in [0.3, 0.4) is 0 Å². The second kappa shape index (κ2) is 8.57. The summed E-state index contributed by atoms with van der Waals surface area (Å²) in [5, 5.41) is 14.2. The summed E-state index contributed by atoms with van der Waals surface area (Å²) in [5.41, 5.74) is 2.13. The van der Waals surface area contributed by atoms with Crippen molar-refractivity contribution in [3.8, 4) is 11.4 Å². The van der Waals surface area contributed by atoms with E-state index in [1.54, 1.807) is 6.20 Å². The van der Waals surface area contributed by atoms with Crippen molar-refractivity contribution >= 4 is 18.1 Å². The summed E-state index contributed by atoms with van der Waals surface area (Å²) < 4.78 is 4.24. The Balaban J connectivity index is 1.52. The molecule has 2 heterocycles. The van der Waals surface area contributed by atoms with E-state index in [0.717, 1.165) is 29.9 Å². The first-order chi connectivity index (χ1) is 12.6. The summed E-state index contributed by atoms with van der Waals surface area (Å²) in [6.07, 6.45) is 4.86. The maximum atomic E-state index is 12.1. The van der Waals surface area contributed by atoms with Crippen molar-refractivity contribution in [2.24, 2.45) is 0 Å². The number of aromatic nitrogens is 5. The van der Waals surface area contributed by atoms with Crippen LogP contribution in [0.4, 0.5) is 0 Å². The van der Waals surface area contributed by atoms with Crippen LogP contribution in [0.15, 0.2) is 42.7 Å². The van der Waals surface area contributed by atoms with Gasteiger partial charge in [-0.05, 0) is 37.7 Å². The number of nitrogens with one attached hydrogen (secondary N) is 2. The van der Waals surface area contributed by atoms with Gasteiger partial charge in [0.15, 0.2) is 10.6 Å². The Morgan fingerprint density at radius 1 is 1.31 bits per heavy atom. The van der Waals surface area contributed by atoms with Crippen molar-refractivity contribution in [2.45, 2.75) is 32.9 Å². The second-order valence-corrected chi connectivity index (χ2v) is 6.48. The molecule has 3 rings (SSSR count). The zero-order valence-corrected chi connectivity index (χ0v) is 15.5. The zero-order chi connectivity index (χ0) is 18.4. The molecular weight excluding hydrogens is 348 g/mol. The number of carbonyl (C=O) groups is 1. The summed E-state index contributed by atoms with van der Waals surface area (Å²) in [7, 11) is 0. The monoisotopic (exact) mass is 370 g/mol. The molecule has 0 aliphatic carbocycles. The number of rotatable bonds is 8. The number of aryl methyl sites for hydroxylation is 2. The van der Waals surface area contributed by atoms with E-state index in [4.69, 9.17) is 12.2 Å². The van der Waals surface area contributed by atoms with E-state index in [1.807, 2.05) is 46.6 Å². The second-order valence-electron chi connectivity index (χ2n) is 6.10. The highest BCUT2D eigenvalue weighted by Gasteiger charge is 2.10. The maximum absolute atomic E-state index is 12.1. The van der Waals surface area contributed by atoms with E-state index in [2.05, 4.69) is 26.7 Å². The number of hydrogen-bond acceptors (Lipinski definition) is 4. The quantitative estimate of drug-likeness (QED) is 0.472. The highest BCUT2D eigenvalue weighted by Crippen LogP contribution is 2.18. The largest absolute Gasteiger partial charge is 0.356 e. The van der Waals surface area contributed by atoms with Gasteiger partial charge in [-0.25, -0.2) is 0 Å². The molecule has 0 spiro atoms. The lowest BCUT2D eigenvalue weighted by Crippen LogP contribution is -2.26. The average Bonchev–Trinajstić information content (AvgIpc) is 3.27. The lowest BCUT2D eigenvalue weighted by molar-refractivity contribution is -0.121. The molecule has 0 radical (unpaired) electrons. The molecule has 8 heteroatoms. The molecule has 0 saturated carbocycles. The number of amides is 1. The average molecular weight is 370 g/mol. The number of carbonyl (C=O) groups excluding carboxylic acids is 1. The standard InChI is InChI=1S/C18H22N6OS/c1-14-5-2-6-15(13-14)17-21-22-18(26)24(17)12-7-16(25)19-8-3-10-23-11-4-9-20-23/h2,4-6,9,11,13H,3,7-8,10,12H2,1H3,(H,19,25)(H,22,26). The molecule has 3 aromatic rings. The van der Waals surface area contributed by atoms with Gasteiger partial charge in [-0.3, -0.25) is 19.1 Å². The van der Waals surface area contributed by atoms with E-state index < -0.39 is 0 Å². The van der Waals surface area contributed by atoms with Crippen molar-refractivity contribution < 1.29 is 4.79 Å². The first-order valence-electron chi connectivity index (χ1n) is 8.60. The molecular formula is C18H22N6OS. The molecule has 2 N–H and O–H groups in total. The third-order valence-electron chi connectivity index (χ3n) is 4.04. The van der Waals surface area contributed by atoms with Gasteiger partial charge in [-0.2, -0.15) is 10.2 Å². The van der Waals surface area contributed by atoms with Crippen molar-refractivity contribution in [1.29, 1.82) is 0 Å². The van der Waals surface area contributed by atoms with Gasteiger partial charge in [0.2, 0.25) is 5.91 Å². The minimum absolute atomic E-state index is 0.00348. The van der Waals surface area contributed by atoms with Crippen LogP contribution in [0.1, 0.15) is 18.4 Å². The van der Waals surface area contributed by atoms with E-state index in [9.17, 15) is 4.79 Å². The normalized spacial score (nSPS) is 10.8. The van der Waals surface area contributed by atoms with Crippen LogP contribution < -0.4 is 5.32 Å². The van der Waals surface area contributed by atoms with Crippen LogP contribution in [0.25, 0.3) is 11.4 Å². The molecule has 26 heavy (non-hydrogen) atoms. The highest BCUT2D eigenvalue weighted by atomic mass is 32.1. The fraction of sp³-hybridized carbons (Fsp3) is 0.333. The predicted molar refractivity (Wildman–Crippen MR) is 102 cm³/mol. The Labute approximate surface area is 157 Å². The van der Waals surface area contributed by atoms with Crippen molar-refractivity contribution in [3.05, 3.63) is 53.1 Å². The Morgan fingerprint density at radius 3 is 2.96 bits per heavy atom. The van der Waals surface area contributed by atoms with E-state index in [1.165, 1.54) is 0 Å². The van der Waals surface area contributed by atoms with Crippen LogP contribution in [0, 0.1) is 11.7 Å². The van der Waals surface area contributed by atoms with Gasteiger partial charge in [0, 0.05) is 44.0 Å². The Hall–Kier alpha value is -2.74. The van der Waals surface area contributed by atoms with Crippen molar-refractivity contribution in [2.75, 3.05) is 6.54 Å². The third-order valence-corrected chi connectivity index (χ3v) is 4.35. The van der Waals surface area contributed by atoms with E-state index >= 15 is 0 Å². The van der Waals surface area contributed by atoms with Crippen LogP contribution in [-0.4, -0.2) is 37.0 Å². The van der Waals surface area contributed by atoms with Gasteiger partial charge in [0.1, 0.15) is 0 Å². The van der Waals surface area contributed by atoms with Crippen molar-refractivity contribution in [1.82, 2.24) is 29.9 Å². The number of aromatic amines is 1. The molecule has 7 nitrogen and oxygen atoms in total. The highest BCUT2D eigenvalue weighted by molar-refractivity contribution is 7.71. The molecule has 0 unspecified atom stereocenters. The van der Waals surface area contributed by atoms with Gasteiger partial charge in [-0.15, -0.1) is 0 Å². The molecule has 0 aliphatic rings. The van der Waals surface area contributed by atoms with Crippen LogP contribution in [0.5, 0.6) is 0 Å². The molecule has 0 aliphatic heterocycles. The minimum Gasteiger partial charge on any atom is -0.356 e. The number of benzene rings is 1. The zero-order valence-electron chi connectivity index (χ0n) is 14.7. The lowest BCUT2D eigenvalue weighted by atomic mass is 10.1. The molecule has 0 saturated heterocycles. The van der Waals surface area contributed by atoms with E-state index in [0.29, 0.717) is 24.3 Å². The fourth-order valence-corrected chi connectivity index (χ4v) is 2.96. The SMILES string of the molecule is Cc1cccc(-c2n[nH]c(=S)n2CCC(=O)NCCCn2cccn2)c1. The molecule has 0 fully saturated rings. The predicted octanol–water partition coefficient (Wildman–Crippen LogP) is 2.71. The van der Waals surface area contributed by atoms with Gasteiger partial charge >= 0.3 is 0 Å². The fourth-order valence-electron chi connectivity index (χ4n) is 2.73. The molecule has 136 valence electrons. The smallest absolute Gasteiger partial charge is 0.221 e. The summed E-state index contributed by atoms with van der Waals surface area (Å²) in [5.74, 6) is 0.758. The molecule has 1 amide bonds.